The summed E-state index contributed by atoms with van der Waals surface area (Å²) in [6.45, 7) is 4.57. The van der Waals surface area contributed by atoms with Crippen LogP contribution in [0.3, 0.4) is 0 Å². The van der Waals surface area contributed by atoms with Gasteiger partial charge in [-0.3, -0.25) is 9.88 Å². The molecule has 1 aliphatic rings. The Morgan fingerprint density at radius 1 is 1.27 bits per heavy atom. The molecule has 0 unspecified atom stereocenters. The van der Waals surface area contributed by atoms with E-state index in [1.54, 1.807) is 30.2 Å². The maximum absolute atomic E-state index is 13.4. The van der Waals surface area contributed by atoms with Crippen LogP contribution in [0, 0.1) is 5.82 Å². The second-order valence-electron chi connectivity index (χ2n) is 6.79. The van der Waals surface area contributed by atoms with E-state index in [4.69, 9.17) is 20.2 Å². The summed E-state index contributed by atoms with van der Waals surface area (Å²) in [7, 11) is 1.54. The fourth-order valence-corrected chi connectivity index (χ4v) is 3.26. The molecule has 11 heteroatoms. The fourth-order valence-electron chi connectivity index (χ4n) is 3.26. The van der Waals surface area contributed by atoms with Crippen LogP contribution in [0.15, 0.2) is 30.5 Å². The second kappa shape index (κ2) is 8.49. The number of H-pyrrole nitrogens is 1. The molecule has 0 saturated carbocycles. The number of nitrogen functional groups attached to an aromatic ring is 1. The van der Waals surface area contributed by atoms with Crippen LogP contribution < -0.4 is 20.3 Å². The fraction of sp³-hybridized carbons (Fsp3) is 0.368. The SMILES string of the molecule is COc1cc(N(c2nc(N)cc(N3CCOCC3)n2)[C@@H](C)c2ccc(F)cn2)n[nH]1. The number of hydrogen-bond donors (Lipinski definition) is 2. The number of nitrogens with two attached hydrogens (primary N) is 1. The zero-order chi connectivity index (χ0) is 21.1. The van der Waals surface area contributed by atoms with Gasteiger partial charge in [-0.25, -0.2) is 9.49 Å². The molecule has 0 bridgehead atoms. The molecule has 1 atom stereocenters. The van der Waals surface area contributed by atoms with E-state index < -0.39 is 5.82 Å². The molecule has 3 aromatic heterocycles. The average molecular weight is 414 g/mol. The third-order valence-corrected chi connectivity index (χ3v) is 4.84. The van der Waals surface area contributed by atoms with Crippen molar-refractivity contribution in [3.05, 3.63) is 42.0 Å². The Morgan fingerprint density at radius 2 is 2.07 bits per heavy atom. The molecule has 0 spiro atoms. The van der Waals surface area contributed by atoms with Gasteiger partial charge in [0.15, 0.2) is 5.82 Å². The molecule has 4 heterocycles. The highest BCUT2D eigenvalue weighted by Gasteiger charge is 2.26. The molecule has 4 rings (SSSR count). The van der Waals surface area contributed by atoms with Crippen molar-refractivity contribution in [1.29, 1.82) is 0 Å². The van der Waals surface area contributed by atoms with Crippen LogP contribution in [0.25, 0.3) is 0 Å². The van der Waals surface area contributed by atoms with Crippen molar-refractivity contribution in [2.75, 3.05) is 48.9 Å². The number of aromatic amines is 1. The van der Waals surface area contributed by atoms with Crippen molar-refractivity contribution < 1.29 is 13.9 Å². The third-order valence-electron chi connectivity index (χ3n) is 4.84. The number of nitrogens with zero attached hydrogens (tertiary/aromatic N) is 6. The van der Waals surface area contributed by atoms with E-state index in [9.17, 15) is 4.39 Å². The number of halogens is 1. The standard InChI is InChI=1S/C19H23FN8O2/c1-12(14-4-3-13(20)11-22-14)28(17-10-18(29-2)26-25-17)19-23-15(21)9-16(24-19)27-5-7-30-8-6-27/h3-4,9-12H,5-8H2,1-2H3,(H,25,26)(H2,21,23,24)/t12-/m0/s1. The van der Waals surface area contributed by atoms with Gasteiger partial charge in [-0.1, -0.05) is 0 Å². The van der Waals surface area contributed by atoms with Crippen LogP contribution in [0.5, 0.6) is 5.88 Å². The number of hydrogen-bond acceptors (Lipinski definition) is 9. The summed E-state index contributed by atoms with van der Waals surface area (Å²) in [6.07, 6.45) is 1.18. The molecule has 3 aromatic rings. The van der Waals surface area contributed by atoms with E-state index in [0.29, 0.717) is 61.3 Å². The maximum atomic E-state index is 13.4. The van der Waals surface area contributed by atoms with Crippen LogP contribution in [0.1, 0.15) is 18.7 Å². The van der Waals surface area contributed by atoms with Crippen molar-refractivity contribution in [1.82, 2.24) is 25.1 Å². The molecule has 30 heavy (non-hydrogen) atoms. The van der Waals surface area contributed by atoms with Gasteiger partial charge in [0.05, 0.1) is 38.3 Å². The van der Waals surface area contributed by atoms with Gasteiger partial charge in [0.1, 0.15) is 17.5 Å². The lowest BCUT2D eigenvalue weighted by atomic mass is 10.2. The first-order valence-corrected chi connectivity index (χ1v) is 9.52. The molecule has 1 fully saturated rings. The van der Waals surface area contributed by atoms with E-state index in [2.05, 4.69) is 25.1 Å². The molecular weight excluding hydrogens is 391 g/mol. The van der Waals surface area contributed by atoms with Crippen LogP contribution in [0.2, 0.25) is 0 Å². The van der Waals surface area contributed by atoms with Crippen molar-refractivity contribution in [3.63, 3.8) is 0 Å². The summed E-state index contributed by atoms with van der Waals surface area (Å²) >= 11 is 0. The lowest BCUT2D eigenvalue weighted by Gasteiger charge is -2.30. The minimum Gasteiger partial charge on any atom is -0.481 e. The van der Waals surface area contributed by atoms with Gasteiger partial charge in [-0.2, -0.15) is 15.1 Å². The summed E-state index contributed by atoms with van der Waals surface area (Å²) in [4.78, 5) is 17.3. The first-order chi connectivity index (χ1) is 14.5. The Morgan fingerprint density at radius 3 is 2.73 bits per heavy atom. The van der Waals surface area contributed by atoms with Gasteiger partial charge < -0.3 is 20.1 Å². The Balaban J connectivity index is 1.77. The van der Waals surface area contributed by atoms with E-state index in [-0.39, 0.29) is 6.04 Å². The van der Waals surface area contributed by atoms with E-state index in [0.717, 1.165) is 0 Å². The Labute approximate surface area is 172 Å². The lowest BCUT2D eigenvalue weighted by molar-refractivity contribution is 0.122. The minimum absolute atomic E-state index is 0.327. The quantitative estimate of drug-likeness (QED) is 0.625. The highest BCUT2D eigenvalue weighted by molar-refractivity contribution is 5.60. The van der Waals surface area contributed by atoms with Gasteiger partial charge in [-0.05, 0) is 19.1 Å². The molecule has 0 aromatic carbocycles. The molecule has 10 nitrogen and oxygen atoms in total. The topological polar surface area (TPSA) is 118 Å². The maximum Gasteiger partial charge on any atom is 0.235 e. The number of aromatic nitrogens is 5. The molecule has 1 saturated heterocycles. The van der Waals surface area contributed by atoms with E-state index in [1.165, 1.54) is 12.3 Å². The Kier molecular flexibility index (Phi) is 5.61. The molecule has 158 valence electrons. The highest BCUT2D eigenvalue weighted by atomic mass is 19.1. The van der Waals surface area contributed by atoms with Gasteiger partial charge in [-0.15, -0.1) is 0 Å². The number of rotatable bonds is 6. The lowest BCUT2D eigenvalue weighted by Crippen LogP contribution is -2.37. The molecular formula is C19H23FN8O2. The Bertz CT molecular complexity index is 990. The Hall–Kier alpha value is -3.47. The van der Waals surface area contributed by atoms with Crippen molar-refractivity contribution in [2.45, 2.75) is 13.0 Å². The summed E-state index contributed by atoms with van der Waals surface area (Å²) in [6, 6.07) is 6.07. The molecule has 1 aliphatic heterocycles. The van der Waals surface area contributed by atoms with Crippen molar-refractivity contribution in [2.24, 2.45) is 0 Å². The largest absolute Gasteiger partial charge is 0.481 e. The van der Waals surface area contributed by atoms with Crippen molar-refractivity contribution >= 4 is 23.4 Å². The van der Waals surface area contributed by atoms with Crippen molar-refractivity contribution in [3.8, 4) is 5.88 Å². The minimum atomic E-state index is -0.409. The number of morpholine rings is 1. The molecule has 0 radical (unpaired) electrons. The molecule has 0 amide bonds. The smallest absolute Gasteiger partial charge is 0.235 e. The van der Waals surface area contributed by atoms with Gasteiger partial charge in [0, 0.05) is 25.2 Å². The number of anilines is 4. The first kappa shape index (κ1) is 19.8. The van der Waals surface area contributed by atoms with E-state index in [1.807, 2.05) is 6.92 Å². The number of ether oxygens (including phenoxy) is 2. The summed E-state index contributed by atoms with van der Waals surface area (Å²) in [5, 5.41) is 7.13. The number of nitrogens with one attached hydrogen (secondary N) is 1. The summed E-state index contributed by atoms with van der Waals surface area (Å²) in [5.41, 5.74) is 6.74. The zero-order valence-electron chi connectivity index (χ0n) is 16.7. The zero-order valence-corrected chi connectivity index (χ0v) is 16.7. The van der Waals surface area contributed by atoms with Gasteiger partial charge >= 0.3 is 0 Å². The second-order valence-corrected chi connectivity index (χ2v) is 6.79. The van der Waals surface area contributed by atoms with E-state index >= 15 is 0 Å². The monoisotopic (exact) mass is 414 g/mol. The third kappa shape index (κ3) is 4.10. The predicted molar refractivity (Wildman–Crippen MR) is 109 cm³/mol. The summed E-state index contributed by atoms with van der Waals surface area (Å²) < 4.78 is 24.0. The van der Waals surface area contributed by atoms with Crippen LogP contribution in [0.4, 0.5) is 27.8 Å². The highest BCUT2D eigenvalue weighted by Crippen LogP contribution is 2.34. The molecule has 3 N–H and O–H groups in total. The van der Waals surface area contributed by atoms with Crippen LogP contribution in [-0.2, 0) is 4.74 Å². The predicted octanol–water partition coefficient (Wildman–Crippen LogP) is 2.06. The average Bonchev–Trinajstić information content (AvgIpc) is 3.23. The van der Waals surface area contributed by atoms with Crippen LogP contribution >= 0.6 is 0 Å². The number of pyridine rings is 1. The van der Waals surface area contributed by atoms with Gasteiger partial charge in [0.25, 0.3) is 0 Å². The van der Waals surface area contributed by atoms with Gasteiger partial charge in [0.2, 0.25) is 11.8 Å². The molecule has 0 aliphatic carbocycles. The normalized spacial score (nSPS) is 15.1. The van der Waals surface area contributed by atoms with Crippen LogP contribution in [-0.4, -0.2) is 58.6 Å². The summed E-state index contributed by atoms with van der Waals surface area (Å²) in [5.74, 6) is 1.97. The first-order valence-electron chi connectivity index (χ1n) is 9.52. The number of methoxy groups -OCH3 is 1.